The Morgan fingerprint density at radius 2 is 2.10 bits per heavy atom. The van der Waals surface area contributed by atoms with Crippen molar-refractivity contribution in [3.05, 3.63) is 0 Å². The van der Waals surface area contributed by atoms with Crippen molar-refractivity contribution in [3.63, 3.8) is 0 Å². The molecule has 0 amide bonds. The molecule has 0 radical (unpaired) electrons. The Morgan fingerprint density at radius 3 is 2.81 bits per heavy atom. The number of ether oxygens (including phenoxy) is 2. The van der Waals surface area contributed by atoms with E-state index < -0.39 is 11.9 Å². The van der Waals surface area contributed by atoms with Gasteiger partial charge in [-0.3, -0.25) is 9.69 Å². The maximum absolute atomic E-state index is 11.4. The van der Waals surface area contributed by atoms with Gasteiger partial charge in [0.05, 0.1) is 24.7 Å². The molecule has 3 aliphatic rings. The SMILES string of the molecule is CN(C1CCOC2(CCSCC2)C1)C1COCC1C(=O)O. The second-order valence-electron chi connectivity index (χ2n) is 6.51. The van der Waals surface area contributed by atoms with Crippen molar-refractivity contribution in [2.75, 3.05) is 38.4 Å². The summed E-state index contributed by atoms with van der Waals surface area (Å²) in [4.78, 5) is 13.6. The molecule has 3 unspecified atom stereocenters. The molecule has 0 aromatic rings. The van der Waals surface area contributed by atoms with Crippen LogP contribution in [0.2, 0.25) is 0 Å². The van der Waals surface area contributed by atoms with Crippen LogP contribution in [-0.2, 0) is 14.3 Å². The van der Waals surface area contributed by atoms with E-state index in [4.69, 9.17) is 9.47 Å². The Morgan fingerprint density at radius 1 is 1.33 bits per heavy atom. The van der Waals surface area contributed by atoms with E-state index in [-0.39, 0.29) is 11.6 Å². The van der Waals surface area contributed by atoms with Crippen LogP contribution in [0.5, 0.6) is 0 Å². The van der Waals surface area contributed by atoms with Crippen molar-refractivity contribution in [2.45, 2.75) is 43.4 Å². The highest BCUT2D eigenvalue weighted by Crippen LogP contribution is 2.39. The summed E-state index contributed by atoms with van der Waals surface area (Å²) >= 11 is 2.01. The first kappa shape index (κ1) is 15.6. The monoisotopic (exact) mass is 315 g/mol. The Balaban J connectivity index is 1.66. The number of nitrogens with zero attached hydrogens (tertiary/aromatic N) is 1. The molecule has 0 aliphatic carbocycles. The zero-order valence-electron chi connectivity index (χ0n) is 12.6. The molecule has 3 atom stereocenters. The van der Waals surface area contributed by atoms with Crippen molar-refractivity contribution >= 4 is 17.7 Å². The van der Waals surface area contributed by atoms with Crippen molar-refractivity contribution in [2.24, 2.45) is 5.92 Å². The fraction of sp³-hybridized carbons (Fsp3) is 0.933. The second-order valence-corrected chi connectivity index (χ2v) is 7.73. The molecule has 3 saturated heterocycles. The molecule has 6 heteroatoms. The van der Waals surface area contributed by atoms with Gasteiger partial charge in [-0.1, -0.05) is 0 Å². The van der Waals surface area contributed by atoms with Crippen LogP contribution in [0.1, 0.15) is 25.7 Å². The van der Waals surface area contributed by atoms with Crippen molar-refractivity contribution in [1.29, 1.82) is 0 Å². The largest absolute Gasteiger partial charge is 0.481 e. The van der Waals surface area contributed by atoms with Gasteiger partial charge < -0.3 is 14.6 Å². The van der Waals surface area contributed by atoms with E-state index in [1.165, 1.54) is 11.5 Å². The van der Waals surface area contributed by atoms with E-state index in [1.54, 1.807) is 0 Å². The van der Waals surface area contributed by atoms with Crippen LogP contribution in [0, 0.1) is 5.92 Å². The second kappa shape index (κ2) is 6.44. The van der Waals surface area contributed by atoms with Crippen LogP contribution in [0.15, 0.2) is 0 Å². The molecular formula is C15H25NO4S. The Hall–Kier alpha value is -0.300. The lowest BCUT2D eigenvalue weighted by atomic mass is 9.84. The molecule has 3 aliphatic heterocycles. The summed E-state index contributed by atoms with van der Waals surface area (Å²) in [5.74, 6) is 1.23. The minimum absolute atomic E-state index is 0.000570. The highest BCUT2D eigenvalue weighted by Gasteiger charge is 2.44. The number of carboxylic acids is 1. The van der Waals surface area contributed by atoms with Gasteiger partial charge in [0.15, 0.2) is 0 Å². The number of rotatable bonds is 3. The van der Waals surface area contributed by atoms with Gasteiger partial charge in [0.1, 0.15) is 0 Å². The molecule has 3 heterocycles. The summed E-state index contributed by atoms with van der Waals surface area (Å²) in [6, 6.07) is 0.413. The normalized spacial score (nSPS) is 36.2. The fourth-order valence-electron chi connectivity index (χ4n) is 3.89. The maximum Gasteiger partial charge on any atom is 0.310 e. The van der Waals surface area contributed by atoms with E-state index >= 15 is 0 Å². The lowest BCUT2D eigenvalue weighted by molar-refractivity contribution is -0.144. The van der Waals surface area contributed by atoms with Crippen molar-refractivity contribution in [1.82, 2.24) is 4.90 Å². The van der Waals surface area contributed by atoms with Gasteiger partial charge in [-0.2, -0.15) is 11.8 Å². The average Bonchev–Trinajstić information content (AvgIpc) is 2.97. The number of carbonyl (C=O) groups is 1. The number of likely N-dealkylation sites (N-methyl/N-ethyl adjacent to an activating group) is 1. The molecule has 3 rings (SSSR count). The number of aliphatic carboxylic acids is 1. The summed E-state index contributed by atoms with van der Waals surface area (Å²) in [5.41, 5.74) is 0.0423. The molecule has 0 saturated carbocycles. The van der Waals surface area contributed by atoms with Crippen LogP contribution < -0.4 is 0 Å². The van der Waals surface area contributed by atoms with Gasteiger partial charge in [-0.25, -0.2) is 0 Å². The molecule has 120 valence electrons. The van der Waals surface area contributed by atoms with E-state index in [2.05, 4.69) is 11.9 Å². The number of hydrogen-bond donors (Lipinski definition) is 1. The molecule has 1 spiro atoms. The van der Waals surface area contributed by atoms with Crippen LogP contribution >= 0.6 is 11.8 Å². The number of carboxylic acid groups (broad SMARTS) is 1. The lowest BCUT2D eigenvalue weighted by Crippen LogP contribution is -2.53. The van der Waals surface area contributed by atoms with Gasteiger partial charge in [-0.15, -0.1) is 0 Å². The summed E-state index contributed by atoms with van der Waals surface area (Å²) in [6.45, 7) is 1.67. The summed E-state index contributed by atoms with van der Waals surface area (Å²) in [7, 11) is 2.07. The quantitative estimate of drug-likeness (QED) is 0.851. The van der Waals surface area contributed by atoms with Gasteiger partial charge in [0.2, 0.25) is 0 Å². The van der Waals surface area contributed by atoms with E-state index in [1.807, 2.05) is 11.8 Å². The maximum atomic E-state index is 11.4. The fourth-order valence-corrected chi connectivity index (χ4v) is 5.13. The zero-order chi connectivity index (χ0) is 14.9. The van der Waals surface area contributed by atoms with E-state index in [9.17, 15) is 9.90 Å². The van der Waals surface area contributed by atoms with Crippen molar-refractivity contribution < 1.29 is 19.4 Å². The Labute approximate surface area is 130 Å². The molecule has 0 aromatic carbocycles. The highest BCUT2D eigenvalue weighted by molar-refractivity contribution is 7.99. The standard InChI is InChI=1S/C15H25NO4S/c1-16(13-10-19-9-12(13)14(17)18)11-2-5-20-15(8-11)3-6-21-7-4-15/h11-13H,2-10H2,1H3,(H,17,18). The first-order chi connectivity index (χ1) is 10.1. The minimum Gasteiger partial charge on any atom is -0.481 e. The molecule has 5 nitrogen and oxygen atoms in total. The smallest absolute Gasteiger partial charge is 0.310 e. The number of thioether (sulfide) groups is 1. The predicted molar refractivity (Wildman–Crippen MR) is 81.8 cm³/mol. The molecule has 0 bridgehead atoms. The minimum atomic E-state index is -0.736. The average molecular weight is 315 g/mol. The van der Waals surface area contributed by atoms with Crippen LogP contribution in [-0.4, -0.2) is 72.0 Å². The van der Waals surface area contributed by atoms with Gasteiger partial charge in [-0.05, 0) is 44.2 Å². The van der Waals surface area contributed by atoms with Crippen LogP contribution in [0.25, 0.3) is 0 Å². The van der Waals surface area contributed by atoms with Crippen LogP contribution in [0.3, 0.4) is 0 Å². The van der Waals surface area contributed by atoms with E-state index in [0.717, 1.165) is 32.3 Å². The molecule has 3 fully saturated rings. The Kier molecular flexibility index (Phi) is 4.78. The summed E-state index contributed by atoms with van der Waals surface area (Å²) in [5, 5.41) is 9.34. The van der Waals surface area contributed by atoms with Crippen molar-refractivity contribution in [3.8, 4) is 0 Å². The summed E-state index contributed by atoms with van der Waals surface area (Å²) < 4.78 is 11.6. The van der Waals surface area contributed by atoms with Crippen LogP contribution in [0.4, 0.5) is 0 Å². The lowest BCUT2D eigenvalue weighted by Gasteiger charge is -2.47. The topological polar surface area (TPSA) is 59.0 Å². The zero-order valence-corrected chi connectivity index (χ0v) is 13.4. The number of hydrogen-bond acceptors (Lipinski definition) is 5. The van der Waals surface area contributed by atoms with Gasteiger partial charge in [0, 0.05) is 18.7 Å². The molecule has 21 heavy (non-hydrogen) atoms. The van der Waals surface area contributed by atoms with Gasteiger partial charge in [0.25, 0.3) is 0 Å². The third kappa shape index (κ3) is 3.23. The van der Waals surface area contributed by atoms with E-state index in [0.29, 0.717) is 19.3 Å². The molecule has 1 N–H and O–H groups in total. The first-order valence-corrected chi connectivity index (χ1v) is 9.01. The first-order valence-electron chi connectivity index (χ1n) is 7.85. The third-order valence-electron chi connectivity index (χ3n) is 5.34. The molecule has 0 aromatic heterocycles. The molecular weight excluding hydrogens is 290 g/mol. The third-order valence-corrected chi connectivity index (χ3v) is 6.32. The summed E-state index contributed by atoms with van der Waals surface area (Å²) in [6.07, 6.45) is 4.29. The Bertz CT molecular complexity index is 380. The van der Waals surface area contributed by atoms with Gasteiger partial charge >= 0.3 is 5.97 Å². The highest BCUT2D eigenvalue weighted by atomic mass is 32.2. The predicted octanol–water partition coefficient (Wildman–Crippen LogP) is 1.46.